The van der Waals surface area contributed by atoms with E-state index in [1.165, 1.54) is 0 Å². The average Bonchev–Trinajstić information content (AvgIpc) is 3.76. The largest absolute Gasteiger partial charge is 0.518 e. The van der Waals surface area contributed by atoms with Gasteiger partial charge in [-0.2, -0.15) is 0 Å². The number of rotatable bonds is 13. The van der Waals surface area contributed by atoms with Crippen LogP contribution >= 0.6 is 0 Å². The van der Waals surface area contributed by atoms with Crippen molar-refractivity contribution < 1.29 is 78.0 Å². The third kappa shape index (κ3) is 6.22. The highest BCUT2D eigenvalue weighted by Gasteiger charge is 2.83. The number of carbonyl (C=O) groups is 3. The molecule has 10 bridgehead atoms. The van der Waals surface area contributed by atoms with Gasteiger partial charge in [0, 0.05) is 54.1 Å². The number of esters is 3. The summed E-state index contributed by atoms with van der Waals surface area (Å²) in [7, 11) is -31.8. The molecule has 0 aromatic heterocycles. The van der Waals surface area contributed by atoms with E-state index >= 15 is 0 Å². The SMILES string of the molecule is CCC(C)(C)C(=O)OC1C2CC3C1OC(=O)C3(C(=O)OC[Si]13O[Si]4(CC)O[Si]5(CC)O[Si]6(CC)O[Si](CC)(O4)O[Si](CC)(O[Si](CC)(O6)O[Si](CC)(O5)O1)O3)C2. The first-order chi connectivity index (χ1) is 26.3. The molecule has 5 unspecified atom stereocenters. The molecular formula is C30H56O18Si8. The van der Waals surface area contributed by atoms with E-state index in [1.54, 1.807) is 0 Å². The minimum atomic E-state index is -4.47. The second kappa shape index (κ2) is 13.8. The average molecular weight is 929 g/mol. The highest BCUT2D eigenvalue weighted by atomic mass is 28.6. The van der Waals surface area contributed by atoms with Gasteiger partial charge in [-0.1, -0.05) is 55.4 Å². The molecule has 2 aliphatic carbocycles. The molecular weight excluding hydrogens is 873 g/mol. The molecule has 0 radical (unpaired) electrons. The van der Waals surface area contributed by atoms with E-state index in [1.807, 2.05) is 69.2 Å². The maximum atomic E-state index is 14.6. The van der Waals surface area contributed by atoms with E-state index in [0.29, 0.717) is 37.0 Å². The summed E-state index contributed by atoms with van der Waals surface area (Å²) in [4.78, 5) is 41.5. The highest BCUT2D eigenvalue weighted by Crippen LogP contribution is 2.63. The molecule has 0 amide bonds. The summed E-state index contributed by atoms with van der Waals surface area (Å²) >= 11 is 0. The second-order valence-electron chi connectivity index (χ2n) is 16.5. The maximum absolute atomic E-state index is 14.6. The zero-order chi connectivity index (χ0) is 40.4. The van der Waals surface area contributed by atoms with Gasteiger partial charge in [-0.3, -0.25) is 14.4 Å². The third-order valence-corrected chi connectivity index (χ3v) is 49.2. The first kappa shape index (κ1) is 42.4. The van der Waals surface area contributed by atoms with Gasteiger partial charge in [-0.25, -0.2) is 0 Å². The van der Waals surface area contributed by atoms with E-state index in [2.05, 4.69) is 0 Å². The van der Waals surface area contributed by atoms with E-state index in [0.717, 1.165) is 0 Å². The number of ether oxygens (including phenoxy) is 3. The van der Waals surface area contributed by atoms with Crippen molar-refractivity contribution in [2.24, 2.45) is 22.7 Å². The Bertz CT molecular complexity index is 1520. The molecule has 0 spiro atoms. The summed E-state index contributed by atoms with van der Waals surface area (Å²) in [5, 5.41) is 0. The molecule has 7 heterocycles. The van der Waals surface area contributed by atoms with Crippen molar-refractivity contribution in [2.45, 2.75) is 143 Å². The van der Waals surface area contributed by atoms with Crippen LogP contribution < -0.4 is 0 Å². The molecule has 0 aromatic rings. The molecule has 9 rings (SSSR count). The Morgan fingerprint density at radius 3 is 1.32 bits per heavy atom. The zero-order valence-electron chi connectivity index (χ0n) is 33.9. The van der Waals surface area contributed by atoms with Crippen LogP contribution in [0.1, 0.15) is 88.5 Å². The normalized spacial score (nSPS) is 49.9. The van der Waals surface area contributed by atoms with Gasteiger partial charge in [0.15, 0.2) is 11.6 Å². The fourth-order valence-electron chi connectivity index (χ4n) is 9.09. The molecule has 0 N–H and O–H groups in total. The molecule has 9 aliphatic rings. The van der Waals surface area contributed by atoms with Crippen LogP contribution in [0, 0.1) is 22.7 Å². The van der Waals surface area contributed by atoms with Crippen molar-refractivity contribution in [3.8, 4) is 0 Å². The van der Waals surface area contributed by atoms with Crippen molar-refractivity contribution in [1.82, 2.24) is 0 Å². The molecule has 5 atom stereocenters. The maximum Gasteiger partial charge on any atom is 0.518 e. The molecule has 26 heteroatoms. The van der Waals surface area contributed by atoms with Crippen LogP contribution in [-0.4, -0.2) is 107 Å². The molecule has 316 valence electrons. The predicted molar refractivity (Wildman–Crippen MR) is 206 cm³/mol. The van der Waals surface area contributed by atoms with Crippen molar-refractivity contribution in [1.29, 1.82) is 0 Å². The minimum Gasteiger partial charge on any atom is -0.460 e. The van der Waals surface area contributed by atoms with Gasteiger partial charge in [-0.05, 0) is 33.1 Å². The topological polar surface area (TPSA) is 190 Å². The van der Waals surface area contributed by atoms with Crippen molar-refractivity contribution >= 4 is 88.3 Å². The first-order valence-electron chi connectivity index (χ1n) is 20.3. The Balaban J connectivity index is 1.19. The first-order valence-corrected chi connectivity index (χ1v) is 35.8. The van der Waals surface area contributed by atoms with Crippen LogP contribution in [0.3, 0.4) is 0 Å². The number of hydrogen-bond donors (Lipinski definition) is 0. The van der Waals surface area contributed by atoms with Gasteiger partial charge in [0.1, 0.15) is 12.2 Å². The van der Waals surface area contributed by atoms with Gasteiger partial charge in [0.2, 0.25) is 0 Å². The van der Waals surface area contributed by atoms with Gasteiger partial charge in [0.25, 0.3) is 0 Å². The lowest BCUT2D eigenvalue weighted by molar-refractivity contribution is -0.170. The van der Waals surface area contributed by atoms with Crippen molar-refractivity contribution in [2.75, 3.05) is 6.23 Å². The van der Waals surface area contributed by atoms with Crippen molar-refractivity contribution in [3.63, 3.8) is 0 Å². The number of hydrogen-bond acceptors (Lipinski definition) is 18. The fourth-order valence-corrected chi connectivity index (χ4v) is 58.0. The summed E-state index contributed by atoms with van der Waals surface area (Å²) in [6, 6.07) is 1.93. The van der Waals surface area contributed by atoms with Crippen LogP contribution in [0.15, 0.2) is 0 Å². The molecule has 2 saturated carbocycles. The Hall–Kier alpha value is -0.335. The van der Waals surface area contributed by atoms with Gasteiger partial charge < -0.3 is 63.6 Å². The lowest BCUT2D eigenvalue weighted by atomic mass is 9.73. The predicted octanol–water partition coefficient (Wildman–Crippen LogP) is 4.29. The van der Waals surface area contributed by atoms with Crippen LogP contribution in [-0.2, 0) is 78.0 Å². The van der Waals surface area contributed by atoms with Crippen molar-refractivity contribution in [3.05, 3.63) is 0 Å². The summed E-state index contributed by atoms with van der Waals surface area (Å²) < 4.78 is 104. The third-order valence-electron chi connectivity index (χ3n) is 12.8. The Kier molecular flexibility index (Phi) is 10.5. The Morgan fingerprint density at radius 1 is 0.625 bits per heavy atom. The standard InChI is InChI=1S/C30H56O18Si8/c1-11-29(9,10)26(31)35-24-22-19-23-25(24)36-28(33)30(23,20-22)27(32)34-21-56-46-53(16-6)40-50(13-3)37-49(12-2)38-51(14-4,42-53)44-55(18-8,48-56)45-52(15-5,39-49)43-54(17-7,41-50)47-56/h22-25H,11-21H2,1-10H3. The van der Waals surface area contributed by atoms with Gasteiger partial charge >= 0.3 is 88.3 Å². The smallest absolute Gasteiger partial charge is 0.460 e. The zero-order valence-corrected chi connectivity index (χ0v) is 41.9. The van der Waals surface area contributed by atoms with Crippen LogP contribution in [0.5, 0.6) is 0 Å². The monoisotopic (exact) mass is 928 g/mol. The molecule has 0 aromatic carbocycles. The molecule has 18 nitrogen and oxygen atoms in total. The molecule has 9 fully saturated rings. The molecule has 7 saturated heterocycles. The second-order valence-corrected chi connectivity index (χ2v) is 42.5. The van der Waals surface area contributed by atoms with E-state index < -0.39 is 118 Å². The summed E-state index contributed by atoms with van der Waals surface area (Å²) in [5.41, 5.74) is -2.30. The van der Waals surface area contributed by atoms with Gasteiger partial charge in [0.05, 0.1) is 5.41 Å². The van der Waals surface area contributed by atoms with Crippen LogP contribution in [0.2, 0.25) is 42.3 Å². The Morgan fingerprint density at radius 2 is 0.982 bits per heavy atom. The Labute approximate surface area is 336 Å². The quantitative estimate of drug-likeness (QED) is 0.110. The van der Waals surface area contributed by atoms with Crippen LogP contribution in [0.4, 0.5) is 0 Å². The van der Waals surface area contributed by atoms with E-state index in [9.17, 15) is 14.4 Å². The molecule has 7 aliphatic heterocycles. The molecule has 56 heavy (non-hydrogen) atoms. The van der Waals surface area contributed by atoms with Crippen LogP contribution in [0.25, 0.3) is 0 Å². The highest BCUT2D eigenvalue weighted by molar-refractivity contribution is 7.03. The minimum absolute atomic E-state index is 0.113. The van der Waals surface area contributed by atoms with E-state index in [-0.39, 0.29) is 36.4 Å². The number of carbonyl (C=O) groups excluding carboxylic acids is 3. The number of fused-ring (bicyclic) bond motifs is 1. The summed E-state index contributed by atoms with van der Waals surface area (Å²) in [6.45, 7) is 18.8. The summed E-state index contributed by atoms with van der Waals surface area (Å²) in [6.07, 6.45) is -0.784. The lowest BCUT2D eigenvalue weighted by Gasteiger charge is -2.62. The van der Waals surface area contributed by atoms with Gasteiger partial charge in [-0.15, -0.1) is 0 Å². The van der Waals surface area contributed by atoms with E-state index in [4.69, 9.17) is 63.6 Å². The fraction of sp³-hybridized carbons (Fsp3) is 0.900. The lowest BCUT2D eigenvalue weighted by Crippen LogP contribution is -2.88. The summed E-state index contributed by atoms with van der Waals surface area (Å²) in [5.74, 6) is -2.65.